The Morgan fingerprint density at radius 2 is 2.17 bits per heavy atom. The third-order valence-corrected chi connectivity index (χ3v) is 5.14. The summed E-state index contributed by atoms with van der Waals surface area (Å²) in [6.45, 7) is 5.47. The highest BCUT2D eigenvalue weighted by molar-refractivity contribution is 7.87. The van der Waals surface area contributed by atoms with Crippen molar-refractivity contribution >= 4 is 10.2 Å². The summed E-state index contributed by atoms with van der Waals surface area (Å²) in [4.78, 5) is 0. The Balaban J connectivity index is 2.62. The molecule has 0 radical (unpaired) electrons. The smallest absolute Gasteiger partial charge is 0.279 e. The van der Waals surface area contributed by atoms with Crippen LogP contribution in [-0.4, -0.2) is 58.2 Å². The Bertz CT molecular complexity index is 351. The Kier molecular flexibility index (Phi) is 5.54. The molecule has 7 heteroatoms. The molecule has 6 nitrogen and oxygen atoms in total. The Morgan fingerprint density at radius 1 is 1.50 bits per heavy atom. The molecule has 0 aromatic heterocycles. The molecule has 0 aromatic rings. The molecule has 1 rings (SSSR count). The lowest BCUT2D eigenvalue weighted by Gasteiger charge is -2.30. The number of rotatable bonds is 7. The summed E-state index contributed by atoms with van der Waals surface area (Å²) < 4.78 is 33.2. The van der Waals surface area contributed by atoms with Gasteiger partial charge in [-0.25, -0.2) is 4.72 Å². The van der Waals surface area contributed by atoms with E-state index >= 15 is 0 Å². The fourth-order valence-corrected chi connectivity index (χ4v) is 3.30. The molecule has 0 amide bonds. The molecule has 0 aromatic carbocycles. The molecule has 1 unspecified atom stereocenters. The van der Waals surface area contributed by atoms with Gasteiger partial charge in [-0.3, -0.25) is 0 Å². The van der Waals surface area contributed by atoms with E-state index in [1.165, 1.54) is 4.31 Å². The van der Waals surface area contributed by atoms with Crippen molar-refractivity contribution in [1.29, 1.82) is 0 Å². The topological polar surface area (TPSA) is 70.7 Å². The van der Waals surface area contributed by atoms with Crippen molar-refractivity contribution in [3.05, 3.63) is 0 Å². The summed E-state index contributed by atoms with van der Waals surface area (Å²) in [5, 5.41) is 3.34. The first-order valence-electron chi connectivity index (χ1n) is 6.29. The lowest BCUT2D eigenvalue weighted by molar-refractivity contribution is 0.122. The van der Waals surface area contributed by atoms with Gasteiger partial charge in [0.15, 0.2) is 0 Å². The van der Waals surface area contributed by atoms with Crippen molar-refractivity contribution in [1.82, 2.24) is 14.3 Å². The summed E-state index contributed by atoms with van der Waals surface area (Å²) in [6, 6.07) is -0.0580. The van der Waals surface area contributed by atoms with Gasteiger partial charge in [0.2, 0.25) is 0 Å². The summed E-state index contributed by atoms with van der Waals surface area (Å²) in [5.74, 6) is 0. The second kappa shape index (κ2) is 6.29. The van der Waals surface area contributed by atoms with E-state index in [0.717, 1.165) is 19.4 Å². The second-order valence-corrected chi connectivity index (χ2v) is 6.99. The lowest BCUT2D eigenvalue weighted by atomic mass is 9.99. The van der Waals surface area contributed by atoms with Gasteiger partial charge in [0.25, 0.3) is 10.2 Å². The van der Waals surface area contributed by atoms with Crippen LogP contribution in [0.15, 0.2) is 0 Å². The largest absolute Gasteiger partial charge is 0.383 e. The van der Waals surface area contributed by atoms with E-state index in [-0.39, 0.29) is 11.6 Å². The summed E-state index contributed by atoms with van der Waals surface area (Å²) in [5.41, 5.74) is -0.264. The molecular formula is C11H25N3O3S. The number of nitrogens with one attached hydrogen (secondary N) is 2. The zero-order chi connectivity index (χ0) is 13.8. The predicted octanol–water partition coefficient (Wildman–Crippen LogP) is -0.0704. The lowest BCUT2D eigenvalue weighted by Crippen LogP contribution is -2.55. The monoisotopic (exact) mass is 279 g/mol. The summed E-state index contributed by atoms with van der Waals surface area (Å²) >= 11 is 0. The van der Waals surface area contributed by atoms with Crippen LogP contribution in [0.3, 0.4) is 0 Å². The zero-order valence-electron chi connectivity index (χ0n) is 11.7. The maximum atomic E-state index is 12.0. The van der Waals surface area contributed by atoms with E-state index in [0.29, 0.717) is 13.2 Å². The van der Waals surface area contributed by atoms with Crippen LogP contribution in [0.25, 0.3) is 0 Å². The number of nitrogens with zero attached hydrogens (tertiary/aromatic N) is 1. The Hall–Kier alpha value is -0.210. The summed E-state index contributed by atoms with van der Waals surface area (Å²) in [6.07, 6.45) is 1.97. The maximum Gasteiger partial charge on any atom is 0.279 e. The van der Waals surface area contributed by atoms with Crippen molar-refractivity contribution < 1.29 is 13.2 Å². The first kappa shape index (κ1) is 15.8. The number of ether oxygens (including phenoxy) is 1. The van der Waals surface area contributed by atoms with Crippen LogP contribution in [0.1, 0.15) is 26.7 Å². The summed E-state index contributed by atoms with van der Waals surface area (Å²) in [7, 11) is -0.199. The van der Waals surface area contributed by atoms with Gasteiger partial charge < -0.3 is 10.1 Å². The van der Waals surface area contributed by atoms with Crippen molar-refractivity contribution in [3.8, 4) is 0 Å². The average molecular weight is 279 g/mol. The third-order valence-electron chi connectivity index (χ3n) is 3.45. The molecule has 0 saturated carbocycles. The van der Waals surface area contributed by atoms with E-state index in [1.54, 1.807) is 14.2 Å². The highest BCUT2D eigenvalue weighted by Gasteiger charge is 2.35. The van der Waals surface area contributed by atoms with Crippen LogP contribution in [0, 0.1) is 0 Å². The van der Waals surface area contributed by atoms with Gasteiger partial charge in [-0.15, -0.1) is 0 Å². The quantitative estimate of drug-likeness (QED) is 0.684. The standard InChI is InChI=1S/C11H25N3O3S/c1-10(2)14(3)18(15,16)13-8-11(9-17-4)6-5-7-12-11/h10,12-13H,5-9H2,1-4H3. The van der Waals surface area contributed by atoms with Crippen LogP contribution < -0.4 is 10.0 Å². The second-order valence-electron chi connectivity index (χ2n) is 5.18. The van der Waals surface area contributed by atoms with Crippen molar-refractivity contribution in [2.75, 3.05) is 33.9 Å². The van der Waals surface area contributed by atoms with Gasteiger partial charge >= 0.3 is 0 Å². The van der Waals surface area contributed by atoms with E-state index < -0.39 is 10.2 Å². The van der Waals surface area contributed by atoms with Gasteiger partial charge in [0, 0.05) is 26.7 Å². The molecule has 18 heavy (non-hydrogen) atoms. The minimum atomic E-state index is -3.42. The minimum Gasteiger partial charge on any atom is -0.383 e. The van der Waals surface area contributed by atoms with Gasteiger partial charge in [0.05, 0.1) is 12.1 Å². The highest BCUT2D eigenvalue weighted by Crippen LogP contribution is 2.19. The fourth-order valence-electron chi connectivity index (χ4n) is 2.08. The van der Waals surface area contributed by atoms with E-state index in [4.69, 9.17) is 4.74 Å². The zero-order valence-corrected chi connectivity index (χ0v) is 12.5. The van der Waals surface area contributed by atoms with E-state index in [9.17, 15) is 8.42 Å². The highest BCUT2D eigenvalue weighted by atomic mass is 32.2. The van der Waals surface area contributed by atoms with Gasteiger partial charge in [-0.2, -0.15) is 12.7 Å². The fraction of sp³-hybridized carbons (Fsp3) is 1.00. The molecule has 1 aliphatic rings. The molecule has 0 bridgehead atoms. The minimum absolute atomic E-state index is 0.0580. The van der Waals surface area contributed by atoms with Gasteiger partial charge in [-0.05, 0) is 33.2 Å². The van der Waals surface area contributed by atoms with Crippen LogP contribution >= 0.6 is 0 Å². The number of hydrogen-bond donors (Lipinski definition) is 2. The average Bonchev–Trinajstić information content (AvgIpc) is 2.75. The van der Waals surface area contributed by atoms with E-state index in [1.807, 2.05) is 13.8 Å². The molecule has 1 atom stereocenters. The molecule has 1 fully saturated rings. The van der Waals surface area contributed by atoms with Crippen LogP contribution in [-0.2, 0) is 14.9 Å². The van der Waals surface area contributed by atoms with Crippen molar-refractivity contribution in [2.45, 2.75) is 38.3 Å². The van der Waals surface area contributed by atoms with Crippen molar-refractivity contribution in [3.63, 3.8) is 0 Å². The van der Waals surface area contributed by atoms with Crippen LogP contribution in [0.2, 0.25) is 0 Å². The van der Waals surface area contributed by atoms with Crippen LogP contribution in [0.5, 0.6) is 0 Å². The molecule has 2 N–H and O–H groups in total. The first-order chi connectivity index (χ1) is 8.33. The molecule has 0 spiro atoms. The Labute approximate surface area is 110 Å². The molecule has 0 aliphatic carbocycles. The molecule has 108 valence electrons. The number of methoxy groups -OCH3 is 1. The van der Waals surface area contributed by atoms with Crippen molar-refractivity contribution in [2.24, 2.45) is 0 Å². The van der Waals surface area contributed by atoms with Gasteiger partial charge in [-0.1, -0.05) is 0 Å². The third kappa shape index (κ3) is 3.89. The molecule has 1 aliphatic heterocycles. The molecular weight excluding hydrogens is 254 g/mol. The van der Waals surface area contributed by atoms with Gasteiger partial charge in [0.1, 0.15) is 0 Å². The Morgan fingerprint density at radius 3 is 2.61 bits per heavy atom. The number of hydrogen-bond acceptors (Lipinski definition) is 4. The molecule has 1 saturated heterocycles. The predicted molar refractivity (Wildman–Crippen MR) is 71.7 cm³/mol. The first-order valence-corrected chi connectivity index (χ1v) is 7.73. The van der Waals surface area contributed by atoms with E-state index in [2.05, 4.69) is 10.0 Å². The SMILES string of the molecule is COCC1(CNS(=O)(=O)N(C)C(C)C)CCCN1. The maximum absolute atomic E-state index is 12.0. The molecule has 1 heterocycles. The normalized spacial score (nSPS) is 25.2. The van der Waals surface area contributed by atoms with Crippen LogP contribution in [0.4, 0.5) is 0 Å².